The van der Waals surface area contributed by atoms with Crippen molar-refractivity contribution in [3.63, 3.8) is 0 Å². The topological polar surface area (TPSA) is 81.1 Å². The summed E-state index contributed by atoms with van der Waals surface area (Å²) in [5, 5.41) is 1.18. The number of carbonyl (C=O) groups is 1. The van der Waals surface area contributed by atoms with Crippen LogP contribution in [0.1, 0.15) is 78.0 Å². The molecule has 0 unspecified atom stereocenters. The molecule has 5 rings (SSSR count). The lowest BCUT2D eigenvalue weighted by Crippen LogP contribution is -2.30. The van der Waals surface area contributed by atoms with Gasteiger partial charge in [-0.15, -0.1) is 0 Å². The first-order valence-electron chi connectivity index (χ1n) is 11.9. The van der Waals surface area contributed by atoms with Gasteiger partial charge in [-0.2, -0.15) is 0 Å². The van der Waals surface area contributed by atoms with Crippen molar-refractivity contribution in [2.75, 3.05) is 6.26 Å². The number of pyridine rings is 1. The predicted octanol–water partition coefficient (Wildman–Crippen LogP) is 4.77. The quantitative estimate of drug-likeness (QED) is 0.545. The maximum Gasteiger partial charge on any atom is 0.266 e. The summed E-state index contributed by atoms with van der Waals surface area (Å²) in [5.41, 5.74) is 4.24. The fourth-order valence-corrected chi connectivity index (χ4v) is 5.52. The lowest BCUT2D eigenvalue weighted by Gasteiger charge is -2.22. The highest BCUT2D eigenvalue weighted by Gasteiger charge is 2.26. The van der Waals surface area contributed by atoms with Crippen LogP contribution in [0, 0.1) is 5.92 Å². The number of rotatable bonds is 7. The Morgan fingerprint density at radius 2 is 1.88 bits per heavy atom. The van der Waals surface area contributed by atoms with E-state index in [1.54, 1.807) is 0 Å². The Labute approximate surface area is 195 Å². The molecule has 0 bridgehead atoms. The Kier molecular flexibility index (Phi) is 5.99. The van der Waals surface area contributed by atoms with Crippen molar-refractivity contribution in [3.05, 3.63) is 65.1 Å². The molecule has 0 radical (unpaired) electrons. The molecule has 2 saturated carbocycles. The fraction of sp³-hybridized carbons (Fsp3) is 0.462. The molecule has 0 aliphatic heterocycles. The lowest BCUT2D eigenvalue weighted by atomic mass is 9.89. The smallest absolute Gasteiger partial charge is 0.266 e. The van der Waals surface area contributed by atoms with E-state index in [1.165, 1.54) is 43.0 Å². The minimum atomic E-state index is -3.65. The highest BCUT2D eigenvalue weighted by atomic mass is 32.2. The Balaban J connectivity index is 1.40. The third-order valence-electron chi connectivity index (χ3n) is 6.95. The maximum absolute atomic E-state index is 12.7. The molecule has 0 spiro atoms. The summed E-state index contributed by atoms with van der Waals surface area (Å²) in [6.45, 7) is 1.07. The van der Waals surface area contributed by atoms with Gasteiger partial charge in [0.15, 0.2) is 0 Å². The van der Waals surface area contributed by atoms with Crippen LogP contribution in [-0.4, -0.2) is 30.1 Å². The van der Waals surface area contributed by atoms with Crippen LogP contribution in [0.5, 0.6) is 0 Å². The largest absolute Gasteiger partial charge is 0.347 e. The summed E-state index contributed by atoms with van der Waals surface area (Å²) in [6, 6.07) is 10.4. The monoisotopic (exact) mass is 465 g/mol. The average Bonchev–Trinajstić information content (AvgIpc) is 3.56. The van der Waals surface area contributed by atoms with E-state index in [0.29, 0.717) is 23.6 Å². The van der Waals surface area contributed by atoms with Gasteiger partial charge in [-0.3, -0.25) is 9.78 Å². The number of hydrogen-bond donors (Lipinski definition) is 1. The molecule has 2 aliphatic carbocycles. The van der Waals surface area contributed by atoms with Crippen molar-refractivity contribution in [2.24, 2.45) is 5.92 Å². The van der Waals surface area contributed by atoms with E-state index >= 15 is 0 Å². The highest BCUT2D eigenvalue weighted by molar-refractivity contribution is 7.89. The van der Waals surface area contributed by atoms with Crippen molar-refractivity contribution in [1.29, 1.82) is 0 Å². The Morgan fingerprint density at radius 3 is 2.61 bits per heavy atom. The third-order valence-corrected chi connectivity index (χ3v) is 7.51. The number of carbonyl (C=O) groups excluding carboxylic acids is 1. The van der Waals surface area contributed by atoms with Crippen LogP contribution in [0.4, 0.5) is 0 Å². The molecule has 33 heavy (non-hydrogen) atoms. The number of hydrogen-bond acceptors (Lipinski definition) is 4. The van der Waals surface area contributed by atoms with E-state index < -0.39 is 15.9 Å². The normalized spacial score (nSPS) is 17.4. The zero-order valence-electron chi connectivity index (χ0n) is 19.1. The summed E-state index contributed by atoms with van der Waals surface area (Å²) in [5.74, 6) is 0.581. The molecule has 1 aromatic carbocycles. The number of benzene rings is 1. The van der Waals surface area contributed by atoms with E-state index in [4.69, 9.17) is 0 Å². The molecule has 3 aromatic rings. The van der Waals surface area contributed by atoms with Gasteiger partial charge in [0.25, 0.3) is 5.91 Å². The van der Waals surface area contributed by atoms with E-state index in [2.05, 4.69) is 44.7 Å². The van der Waals surface area contributed by atoms with Gasteiger partial charge in [0.05, 0.1) is 17.5 Å². The first-order valence-corrected chi connectivity index (χ1v) is 13.8. The van der Waals surface area contributed by atoms with Crippen molar-refractivity contribution in [2.45, 2.75) is 63.8 Å². The summed E-state index contributed by atoms with van der Waals surface area (Å²) >= 11 is 0. The number of nitrogens with zero attached hydrogens (tertiary/aromatic N) is 2. The van der Waals surface area contributed by atoms with Gasteiger partial charge in [0.2, 0.25) is 10.0 Å². The number of sulfonamides is 1. The van der Waals surface area contributed by atoms with Crippen LogP contribution < -0.4 is 4.72 Å². The van der Waals surface area contributed by atoms with Gasteiger partial charge in [-0.1, -0.05) is 25.3 Å². The van der Waals surface area contributed by atoms with Gasteiger partial charge in [0, 0.05) is 30.9 Å². The van der Waals surface area contributed by atoms with E-state index in [9.17, 15) is 13.2 Å². The molecule has 1 N–H and O–H groups in total. The molecule has 7 heteroatoms. The standard InChI is InChI=1S/C26H31N3O3S/c1-33(31,32)28-26(30)23-15-22(20-8-9-20)16-27-24(23)14-19-7-10-25-21(13-19)11-12-29(25)17-18-5-3-2-4-6-18/h7,10-13,15-16,18,20H,2-6,8-9,14,17H2,1H3,(H,28,30). The lowest BCUT2D eigenvalue weighted by molar-refractivity contribution is 0.0980. The van der Waals surface area contributed by atoms with Crippen molar-refractivity contribution in [3.8, 4) is 0 Å². The predicted molar refractivity (Wildman–Crippen MR) is 130 cm³/mol. The molecule has 2 aliphatic rings. The maximum atomic E-state index is 12.7. The van der Waals surface area contributed by atoms with Gasteiger partial charge < -0.3 is 4.57 Å². The van der Waals surface area contributed by atoms with Gasteiger partial charge in [0.1, 0.15) is 0 Å². The molecular formula is C26H31N3O3S. The van der Waals surface area contributed by atoms with E-state index in [-0.39, 0.29) is 0 Å². The molecule has 6 nitrogen and oxygen atoms in total. The van der Waals surface area contributed by atoms with Crippen molar-refractivity contribution >= 4 is 26.8 Å². The number of aromatic nitrogens is 2. The average molecular weight is 466 g/mol. The minimum Gasteiger partial charge on any atom is -0.347 e. The molecular weight excluding hydrogens is 434 g/mol. The molecule has 2 fully saturated rings. The second kappa shape index (κ2) is 8.93. The first kappa shape index (κ1) is 22.1. The molecule has 1 amide bonds. The zero-order valence-corrected chi connectivity index (χ0v) is 19.9. The van der Waals surface area contributed by atoms with Crippen LogP contribution in [-0.2, 0) is 23.0 Å². The first-order chi connectivity index (χ1) is 15.9. The zero-order chi connectivity index (χ0) is 23.0. The fourth-order valence-electron chi connectivity index (χ4n) is 5.07. The van der Waals surface area contributed by atoms with E-state index in [0.717, 1.165) is 42.7 Å². The Morgan fingerprint density at radius 1 is 1.09 bits per heavy atom. The third kappa shape index (κ3) is 5.29. The second-order valence-corrected chi connectivity index (χ2v) is 11.5. The summed E-state index contributed by atoms with van der Waals surface area (Å²) in [7, 11) is -3.65. The minimum absolute atomic E-state index is 0.347. The Bertz CT molecular complexity index is 1290. The van der Waals surface area contributed by atoms with Gasteiger partial charge in [-0.25, -0.2) is 13.1 Å². The van der Waals surface area contributed by atoms with Crippen molar-refractivity contribution in [1.82, 2.24) is 14.3 Å². The van der Waals surface area contributed by atoms with Crippen LogP contribution in [0.3, 0.4) is 0 Å². The van der Waals surface area contributed by atoms with Gasteiger partial charge in [-0.05, 0) is 78.3 Å². The number of nitrogens with one attached hydrogen (secondary N) is 1. The number of fused-ring (bicyclic) bond motifs is 1. The molecule has 2 aromatic heterocycles. The molecule has 0 atom stereocenters. The molecule has 174 valence electrons. The van der Waals surface area contributed by atoms with Crippen molar-refractivity contribution < 1.29 is 13.2 Å². The van der Waals surface area contributed by atoms with Crippen LogP contribution in [0.15, 0.2) is 42.7 Å². The number of amides is 1. The van der Waals surface area contributed by atoms with Crippen LogP contribution in [0.2, 0.25) is 0 Å². The Hall–Kier alpha value is -2.67. The molecule has 0 saturated heterocycles. The van der Waals surface area contributed by atoms with Crippen LogP contribution in [0.25, 0.3) is 10.9 Å². The summed E-state index contributed by atoms with van der Waals surface area (Å²) in [6.07, 6.45) is 14.3. The second-order valence-electron chi connectivity index (χ2n) is 9.78. The van der Waals surface area contributed by atoms with E-state index in [1.807, 2.05) is 12.3 Å². The summed E-state index contributed by atoms with van der Waals surface area (Å²) in [4.78, 5) is 17.3. The highest BCUT2D eigenvalue weighted by Crippen LogP contribution is 2.40. The van der Waals surface area contributed by atoms with Crippen LogP contribution >= 0.6 is 0 Å². The SMILES string of the molecule is CS(=O)(=O)NC(=O)c1cc(C2CC2)cnc1Cc1ccc2c(ccn2CC2CCCCC2)c1. The summed E-state index contributed by atoms with van der Waals surface area (Å²) < 4.78 is 27.8. The molecule has 2 heterocycles. The van der Waals surface area contributed by atoms with Gasteiger partial charge >= 0.3 is 0 Å².